The molecule has 1 aliphatic rings. The number of alkyl carbamates (subject to hydrolysis) is 1. The normalized spacial score (nSPS) is 17.5. The molecule has 2 N–H and O–H groups in total. The van der Waals surface area contributed by atoms with Crippen molar-refractivity contribution in [2.45, 2.75) is 45.3 Å². The van der Waals surface area contributed by atoms with Gasteiger partial charge in [-0.15, -0.1) is 0 Å². The SMILES string of the molecule is CN1CCN(C(=O)[C@H](CCC(=O)O)NC(=O)OC(C)(C)C)CC1. The molecule has 8 heteroatoms. The first kappa shape index (κ1) is 19.2. The number of piperazine rings is 1. The molecule has 0 radical (unpaired) electrons. The van der Waals surface area contributed by atoms with Gasteiger partial charge >= 0.3 is 12.1 Å². The summed E-state index contributed by atoms with van der Waals surface area (Å²) >= 11 is 0. The summed E-state index contributed by atoms with van der Waals surface area (Å²) in [6.07, 6.45) is -0.866. The number of rotatable bonds is 5. The van der Waals surface area contributed by atoms with Crippen molar-refractivity contribution in [3.05, 3.63) is 0 Å². The molecule has 0 aromatic carbocycles. The summed E-state index contributed by atoms with van der Waals surface area (Å²) in [6.45, 7) is 7.81. The molecule has 1 atom stereocenters. The monoisotopic (exact) mass is 329 g/mol. The van der Waals surface area contributed by atoms with Crippen molar-refractivity contribution >= 4 is 18.0 Å². The largest absolute Gasteiger partial charge is 0.481 e. The Morgan fingerprint density at radius 2 is 1.74 bits per heavy atom. The summed E-state index contributed by atoms with van der Waals surface area (Å²) in [6, 6.07) is -0.885. The zero-order valence-corrected chi connectivity index (χ0v) is 14.3. The summed E-state index contributed by atoms with van der Waals surface area (Å²) in [5, 5.41) is 11.3. The Morgan fingerprint density at radius 3 is 2.22 bits per heavy atom. The van der Waals surface area contributed by atoms with E-state index in [1.807, 2.05) is 7.05 Å². The van der Waals surface area contributed by atoms with Crippen LogP contribution in [0.25, 0.3) is 0 Å². The van der Waals surface area contributed by atoms with Crippen molar-refractivity contribution in [3.8, 4) is 0 Å². The Bertz CT molecular complexity index is 439. The average molecular weight is 329 g/mol. The molecule has 0 spiro atoms. The number of nitrogens with zero attached hydrogens (tertiary/aromatic N) is 2. The lowest BCUT2D eigenvalue weighted by Crippen LogP contribution is -2.54. The third kappa shape index (κ3) is 7.32. The second-order valence-electron chi connectivity index (χ2n) is 6.76. The Kier molecular flexibility index (Phi) is 6.80. The maximum absolute atomic E-state index is 12.6. The van der Waals surface area contributed by atoms with E-state index in [4.69, 9.17) is 9.84 Å². The topological polar surface area (TPSA) is 99.2 Å². The number of carbonyl (C=O) groups excluding carboxylic acids is 2. The number of likely N-dealkylation sites (N-methyl/N-ethyl adjacent to an activating group) is 1. The summed E-state index contributed by atoms with van der Waals surface area (Å²) in [4.78, 5) is 39.0. The zero-order chi connectivity index (χ0) is 17.6. The molecule has 23 heavy (non-hydrogen) atoms. The number of amides is 2. The Morgan fingerprint density at radius 1 is 1.17 bits per heavy atom. The molecule has 0 aromatic rings. The lowest BCUT2D eigenvalue weighted by atomic mass is 10.1. The van der Waals surface area contributed by atoms with E-state index in [1.54, 1.807) is 25.7 Å². The maximum Gasteiger partial charge on any atom is 0.408 e. The van der Waals surface area contributed by atoms with Crippen LogP contribution in [0.4, 0.5) is 4.79 Å². The number of hydrogen-bond acceptors (Lipinski definition) is 5. The van der Waals surface area contributed by atoms with Gasteiger partial charge in [-0.05, 0) is 34.2 Å². The number of ether oxygens (including phenoxy) is 1. The first-order chi connectivity index (χ1) is 10.6. The van der Waals surface area contributed by atoms with E-state index in [9.17, 15) is 14.4 Å². The van der Waals surface area contributed by atoms with Gasteiger partial charge < -0.3 is 25.0 Å². The van der Waals surface area contributed by atoms with Crippen LogP contribution in [0.15, 0.2) is 0 Å². The average Bonchev–Trinajstić information content (AvgIpc) is 2.41. The van der Waals surface area contributed by atoms with Crippen LogP contribution in [-0.2, 0) is 14.3 Å². The third-order valence-electron chi connectivity index (χ3n) is 3.45. The van der Waals surface area contributed by atoms with Crippen LogP contribution in [0.2, 0.25) is 0 Å². The molecule has 1 heterocycles. The van der Waals surface area contributed by atoms with E-state index in [1.165, 1.54) is 0 Å². The fraction of sp³-hybridized carbons (Fsp3) is 0.800. The van der Waals surface area contributed by atoms with E-state index in [0.29, 0.717) is 13.1 Å². The lowest BCUT2D eigenvalue weighted by molar-refractivity contribution is -0.138. The molecule has 0 aromatic heterocycles. The maximum atomic E-state index is 12.6. The van der Waals surface area contributed by atoms with Crippen molar-refractivity contribution in [1.29, 1.82) is 0 Å². The highest BCUT2D eigenvalue weighted by molar-refractivity contribution is 5.86. The van der Waals surface area contributed by atoms with Crippen molar-refractivity contribution < 1.29 is 24.2 Å². The Balaban J connectivity index is 2.68. The van der Waals surface area contributed by atoms with Gasteiger partial charge in [0.2, 0.25) is 5.91 Å². The number of carbonyl (C=O) groups is 3. The van der Waals surface area contributed by atoms with Crippen LogP contribution < -0.4 is 5.32 Å². The van der Waals surface area contributed by atoms with Gasteiger partial charge in [0, 0.05) is 32.6 Å². The molecule has 2 amide bonds. The lowest BCUT2D eigenvalue weighted by Gasteiger charge is -2.34. The molecule has 8 nitrogen and oxygen atoms in total. The minimum Gasteiger partial charge on any atom is -0.481 e. The summed E-state index contributed by atoms with van der Waals surface area (Å²) in [5.41, 5.74) is -0.682. The number of nitrogens with one attached hydrogen (secondary N) is 1. The Labute approximate surface area is 136 Å². The zero-order valence-electron chi connectivity index (χ0n) is 14.3. The molecule has 1 rings (SSSR count). The predicted octanol–water partition coefficient (Wildman–Crippen LogP) is 0.519. The quantitative estimate of drug-likeness (QED) is 0.763. The van der Waals surface area contributed by atoms with Crippen molar-refractivity contribution in [3.63, 3.8) is 0 Å². The standard InChI is InChI=1S/C15H27N3O5/c1-15(2,3)23-14(22)16-11(5-6-12(19)20)13(21)18-9-7-17(4)8-10-18/h11H,5-10H2,1-4H3,(H,16,22)(H,19,20)/t11-/m0/s1. The van der Waals surface area contributed by atoms with Gasteiger partial charge in [0.05, 0.1) is 0 Å². The van der Waals surface area contributed by atoms with Crippen LogP contribution >= 0.6 is 0 Å². The Hall–Kier alpha value is -1.83. The van der Waals surface area contributed by atoms with Crippen LogP contribution in [0.5, 0.6) is 0 Å². The van der Waals surface area contributed by atoms with Crippen LogP contribution in [0.1, 0.15) is 33.6 Å². The predicted molar refractivity (Wildman–Crippen MR) is 84.1 cm³/mol. The van der Waals surface area contributed by atoms with E-state index < -0.39 is 23.7 Å². The molecule has 0 saturated carbocycles. The first-order valence-electron chi connectivity index (χ1n) is 7.77. The van der Waals surface area contributed by atoms with Gasteiger partial charge in [0.15, 0.2) is 0 Å². The van der Waals surface area contributed by atoms with Crippen molar-refractivity contribution in [2.24, 2.45) is 0 Å². The number of carboxylic acid groups (broad SMARTS) is 1. The highest BCUT2D eigenvalue weighted by Gasteiger charge is 2.29. The van der Waals surface area contributed by atoms with Gasteiger partial charge in [-0.2, -0.15) is 0 Å². The summed E-state index contributed by atoms with van der Waals surface area (Å²) in [7, 11) is 1.97. The molecule has 0 aliphatic carbocycles. The number of hydrogen-bond donors (Lipinski definition) is 2. The number of aliphatic carboxylic acids is 1. The summed E-state index contributed by atoms with van der Waals surface area (Å²) in [5.74, 6) is -1.27. The molecule has 132 valence electrons. The van der Waals surface area contributed by atoms with Gasteiger partial charge in [-0.25, -0.2) is 4.79 Å². The minimum atomic E-state index is -1.01. The van der Waals surface area contributed by atoms with Crippen LogP contribution in [0, 0.1) is 0 Å². The fourth-order valence-electron chi connectivity index (χ4n) is 2.22. The van der Waals surface area contributed by atoms with E-state index in [-0.39, 0.29) is 18.7 Å². The van der Waals surface area contributed by atoms with E-state index >= 15 is 0 Å². The van der Waals surface area contributed by atoms with E-state index in [2.05, 4.69) is 10.2 Å². The fourth-order valence-corrected chi connectivity index (χ4v) is 2.22. The minimum absolute atomic E-state index is 0.0414. The highest BCUT2D eigenvalue weighted by Crippen LogP contribution is 2.10. The smallest absolute Gasteiger partial charge is 0.408 e. The third-order valence-corrected chi connectivity index (χ3v) is 3.45. The molecule has 1 aliphatic heterocycles. The van der Waals surface area contributed by atoms with Crippen LogP contribution in [0.3, 0.4) is 0 Å². The second-order valence-corrected chi connectivity index (χ2v) is 6.76. The molecular weight excluding hydrogens is 302 g/mol. The van der Waals surface area contributed by atoms with Gasteiger partial charge in [-0.1, -0.05) is 0 Å². The van der Waals surface area contributed by atoms with Gasteiger partial charge in [-0.3, -0.25) is 9.59 Å². The molecule has 0 unspecified atom stereocenters. The molecule has 0 bridgehead atoms. The first-order valence-corrected chi connectivity index (χ1v) is 7.77. The highest BCUT2D eigenvalue weighted by atomic mass is 16.6. The molecular formula is C15H27N3O5. The second kappa shape index (κ2) is 8.14. The van der Waals surface area contributed by atoms with Gasteiger partial charge in [0.1, 0.15) is 11.6 Å². The summed E-state index contributed by atoms with van der Waals surface area (Å²) < 4.78 is 5.15. The number of carboxylic acids is 1. The van der Waals surface area contributed by atoms with Crippen molar-refractivity contribution in [1.82, 2.24) is 15.1 Å². The van der Waals surface area contributed by atoms with Crippen molar-refractivity contribution in [2.75, 3.05) is 33.2 Å². The molecule has 1 fully saturated rings. The van der Waals surface area contributed by atoms with Crippen LogP contribution in [-0.4, -0.2) is 77.7 Å². The van der Waals surface area contributed by atoms with Gasteiger partial charge in [0.25, 0.3) is 0 Å². The molecule has 1 saturated heterocycles. The van der Waals surface area contributed by atoms with E-state index in [0.717, 1.165) is 13.1 Å².